The molecule has 0 bridgehead atoms. The van der Waals surface area contributed by atoms with Gasteiger partial charge in [-0.3, -0.25) is 0 Å². The van der Waals surface area contributed by atoms with Crippen molar-refractivity contribution in [2.45, 2.75) is 0 Å². The Hall–Kier alpha value is -1.82. The lowest BCUT2D eigenvalue weighted by molar-refractivity contribution is 1.16. The second-order valence-electron chi connectivity index (χ2n) is 2.12. The van der Waals surface area contributed by atoms with Gasteiger partial charge in [0, 0.05) is 17.8 Å². The summed E-state index contributed by atoms with van der Waals surface area (Å²) < 4.78 is 0. The Bertz CT molecular complexity index is 422. The first-order valence-electron chi connectivity index (χ1n) is 3.17. The van der Waals surface area contributed by atoms with Crippen LogP contribution in [0.3, 0.4) is 0 Å². The van der Waals surface area contributed by atoms with Crippen LogP contribution in [0.5, 0.6) is 0 Å². The van der Waals surface area contributed by atoms with Crippen molar-refractivity contribution in [3.63, 3.8) is 0 Å². The Labute approximate surface area is 63.5 Å². The molecule has 0 saturated heterocycles. The molecule has 0 aliphatic heterocycles. The average Bonchev–Trinajstić information content (AvgIpc) is 2.50. The van der Waals surface area contributed by atoms with Crippen molar-refractivity contribution in [1.29, 1.82) is 0 Å². The van der Waals surface area contributed by atoms with E-state index in [0.29, 0.717) is 5.82 Å². The maximum Gasteiger partial charge on any atom is 0.206 e. The fourth-order valence-electron chi connectivity index (χ4n) is 0.909. The third kappa shape index (κ3) is 0.849. The molecule has 0 unspecified atom stereocenters. The van der Waals surface area contributed by atoms with Crippen molar-refractivity contribution >= 4 is 11.0 Å². The maximum absolute atomic E-state index is 5.12. The minimum atomic E-state index is 0.417. The highest BCUT2D eigenvalue weighted by Crippen LogP contribution is 2.06. The summed E-state index contributed by atoms with van der Waals surface area (Å²) in [4.78, 5) is 10.9. The Morgan fingerprint density at radius 2 is 2.45 bits per heavy atom. The van der Waals surface area contributed by atoms with Crippen LogP contribution in [0.15, 0.2) is 18.5 Å². The minimum absolute atomic E-state index is 0.417. The molecule has 0 aromatic carbocycles. The SMILES string of the molecule is C#Cc1ncc2cc[nH]c2n1. The highest BCUT2D eigenvalue weighted by Gasteiger charge is 1.95. The molecular formula is C8H5N3. The number of aromatic nitrogens is 3. The largest absolute Gasteiger partial charge is 0.346 e. The summed E-state index contributed by atoms with van der Waals surface area (Å²) in [6, 6.07) is 1.90. The van der Waals surface area contributed by atoms with Crippen LogP contribution in [0.2, 0.25) is 0 Å². The first kappa shape index (κ1) is 5.93. The van der Waals surface area contributed by atoms with Crippen molar-refractivity contribution in [1.82, 2.24) is 15.0 Å². The molecule has 2 aromatic rings. The number of rotatable bonds is 0. The molecular weight excluding hydrogens is 138 g/mol. The van der Waals surface area contributed by atoms with E-state index in [9.17, 15) is 0 Å². The van der Waals surface area contributed by atoms with Gasteiger partial charge in [-0.25, -0.2) is 9.97 Å². The van der Waals surface area contributed by atoms with Gasteiger partial charge in [-0.2, -0.15) is 0 Å². The van der Waals surface area contributed by atoms with E-state index in [4.69, 9.17) is 6.42 Å². The molecule has 2 rings (SSSR count). The van der Waals surface area contributed by atoms with Gasteiger partial charge in [0.25, 0.3) is 0 Å². The molecule has 0 saturated carbocycles. The standard InChI is InChI=1S/C8H5N3/c1-2-7-10-5-6-3-4-9-8(6)11-7/h1,3-5H,(H,9,10,11). The van der Waals surface area contributed by atoms with E-state index in [-0.39, 0.29) is 0 Å². The number of nitrogens with one attached hydrogen (secondary N) is 1. The van der Waals surface area contributed by atoms with Crippen molar-refractivity contribution < 1.29 is 0 Å². The van der Waals surface area contributed by atoms with Gasteiger partial charge in [-0.1, -0.05) is 0 Å². The zero-order chi connectivity index (χ0) is 7.68. The summed E-state index contributed by atoms with van der Waals surface area (Å²) >= 11 is 0. The Kier molecular flexibility index (Phi) is 1.13. The molecule has 2 aromatic heterocycles. The topological polar surface area (TPSA) is 41.6 Å². The van der Waals surface area contributed by atoms with Gasteiger partial charge < -0.3 is 4.98 Å². The van der Waals surface area contributed by atoms with Crippen molar-refractivity contribution in [2.24, 2.45) is 0 Å². The molecule has 0 fully saturated rings. The predicted molar refractivity (Wildman–Crippen MR) is 41.8 cm³/mol. The number of hydrogen-bond acceptors (Lipinski definition) is 2. The second kappa shape index (κ2) is 2.10. The zero-order valence-electron chi connectivity index (χ0n) is 5.70. The number of terminal acetylenes is 1. The average molecular weight is 143 g/mol. The molecule has 11 heavy (non-hydrogen) atoms. The first-order chi connectivity index (χ1) is 5.40. The van der Waals surface area contributed by atoms with Gasteiger partial charge >= 0.3 is 0 Å². The molecule has 0 aliphatic rings. The van der Waals surface area contributed by atoms with Crippen LogP contribution in [0.1, 0.15) is 5.82 Å². The van der Waals surface area contributed by atoms with Crippen LogP contribution >= 0.6 is 0 Å². The smallest absolute Gasteiger partial charge is 0.206 e. The molecule has 0 radical (unpaired) electrons. The molecule has 3 nitrogen and oxygen atoms in total. The van der Waals surface area contributed by atoms with E-state index >= 15 is 0 Å². The van der Waals surface area contributed by atoms with Gasteiger partial charge in [0.15, 0.2) is 0 Å². The normalized spacial score (nSPS) is 9.73. The minimum Gasteiger partial charge on any atom is -0.346 e. The van der Waals surface area contributed by atoms with Crippen molar-refractivity contribution in [3.8, 4) is 12.3 Å². The summed E-state index contributed by atoms with van der Waals surface area (Å²) in [5.74, 6) is 2.78. The van der Waals surface area contributed by atoms with Gasteiger partial charge in [-0.15, -0.1) is 6.42 Å². The molecule has 0 aliphatic carbocycles. The molecule has 0 atom stereocenters. The number of hydrogen-bond donors (Lipinski definition) is 1. The van der Waals surface area contributed by atoms with Gasteiger partial charge in [0.1, 0.15) is 5.65 Å². The zero-order valence-corrected chi connectivity index (χ0v) is 5.70. The van der Waals surface area contributed by atoms with Crippen LogP contribution < -0.4 is 0 Å². The summed E-state index contributed by atoms with van der Waals surface area (Å²) in [5, 5.41) is 0.976. The third-order valence-corrected chi connectivity index (χ3v) is 1.43. The Morgan fingerprint density at radius 3 is 3.27 bits per heavy atom. The summed E-state index contributed by atoms with van der Waals surface area (Å²) in [6.07, 6.45) is 8.63. The lowest BCUT2D eigenvalue weighted by atomic mass is 10.4. The third-order valence-electron chi connectivity index (χ3n) is 1.43. The van der Waals surface area contributed by atoms with Crippen LogP contribution in [-0.2, 0) is 0 Å². The quantitative estimate of drug-likeness (QED) is 0.557. The fraction of sp³-hybridized carbons (Fsp3) is 0. The molecule has 2 heterocycles. The molecule has 3 heteroatoms. The van der Waals surface area contributed by atoms with E-state index in [1.807, 2.05) is 6.07 Å². The summed E-state index contributed by atoms with van der Waals surface area (Å²) in [6.45, 7) is 0. The van der Waals surface area contributed by atoms with Crippen LogP contribution in [0.25, 0.3) is 11.0 Å². The number of aromatic amines is 1. The maximum atomic E-state index is 5.12. The lowest BCUT2D eigenvalue weighted by Crippen LogP contribution is -1.86. The molecule has 0 spiro atoms. The van der Waals surface area contributed by atoms with Crippen molar-refractivity contribution in [3.05, 3.63) is 24.3 Å². The lowest BCUT2D eigenvalue weighted by Gasteiger charge is -1.88. The highest BCUT2D eigenvalue weighted by molar-refractivity contribution is 5.74. The monoisotopic (exact) mass is 143 g/mol. The van der Waals surface area contributed by atoms with E-state index in [0.717, 1.165) is 11.0 Å². The molecule has 52 valence electrons. The highest BCUT2D eigenvalue weighted by atomic mass is 14.9. The van der Waals surface area contributed by atoms with E-state index in [1.54, 1.807) is 12.4 Å². The second-order valence-corrected chi connectivity index (χ2v) is 2.12. The van der Waals surface area contributed by atoms with E-state index in [1.165, 1.54) is 0 Å². The van der Waals surface area contributed by atoms with Crippen LogP contribution in [0.4, 0.5) is 0 Å². The van der Waals surface area contributed by atoms with Gasteiger partial charge in [0.2, 0.25) is 5.82 Å². The number of fused-ring (bicyclic) bond motifs is 1. The number of H-pyrrole nitrogens is 1. The van der Waals surface area contributed by atoms with Gasteiger partial charge in [0.05, 0.1) is 0 Å². The Morgan fingerprint density at radius 1 is 1.55 bits per heavy atom. The van der Waals surface area contributed by atoms with E-state index < -0.39 is 0 Å². The van der Waals surface area contributed by atoms with Crippen LogP contribution in [0, 0.1) is 12.3 Å². The summed E-state index contributed by atoms with van der Waals surface area (Å²) in [5.41, 5.74) is 0.785. The summed E-state index contributed by atoms with van der Waals surface area (Å²) in [7, 11) is 0. The first-order valence-corrected chi connectivity index (χ1v) is 3.17. The van der Waals surface area contributed by atoms with Crippen molar-refractivity contribution in [2.75, 3.05) is 0 Å². The van der Waals surface area contributed by atoms with Gasteiger partial charge in [-0.05, 0) is 12.0 Å². The predicted octanol–water partition coefficient (Wildman–Crippen LogP) is 0.939. The molecule has 0 amide bonds. The fourth-order valence-corrected chi connectivity index (χ4v) is 0.909. The Balaban J connectivity index is 2.79. The molecule has 1 N–H and O–H groups in total. The van der Waals surface area contributed by atoms with Crippen LogP contribution in [-0.4, -0.2) is 15.0 Å². The van der Waals surface area contributed by atoms with E-state index in [2.05, 4.69) is 20.9 Å². The number of nitrogens with zero attached hydrogens (tertiary/aromatic N) is 2.